The van der Waals surface area contributed by atoms with Gasteiger partial charge in [-0.15, -0.1) is 0 Å². The van der Waals surface area contributed by atoms with Crippen molar-refractivity contribution in [2.75, 3.05) is 24.5 Å². The highest BCUT2D eigenvalue weighted by Crippen LogP contribution is 2.27. The number of halogens is 1. The molecule has 1 aromatic carbocycles. The molecule has 0 spiro atoms. The van der Waals surface area contributed by atoms with E-state index in [2.05, 4.69) is 5.32 Å². The van der Waals surface area contributed by atoms with Crippen LogP contribution in [-0.2, 0) is 9.59 Å². The van der Waals surface area contributed by atoms with Crippen LogP contribution in [0.4, 0.5) is 10.1 Å². The van der Waals surface area contributed by atoms with Gasteiger partial charge in [-0.1, -0.05) is 12.1 Å². The summed E-state index contributed by atoms with van der Waals surface area (Å²) in [6, 6.07) is 6.05. The topological polar surface area (TPSA) is 75.4 Å². The highest BCUT2D eigenvalue weighted by atomic mass is 19.1. The molecule has 1 aromatic rings. The minimum atomic E-state index is -0.459. The number of carbonyl (C=O) groups is 2. The smallest absolute Gasteiger partial charge is 0.227 e. The Morgan fingerprint density at radius 1 is 1.47 bits per heavy atom. The van der Waals surface area contributed by atoms with Gasteiger partial charge in [0.15, 0.2) is 0 Å². The van der Waals surface area contributed by atoms with Crippen LogP contribution in [0.3, 0.4) is 0 Å². The first-order chi connectivity index (χ1) is 9.13. The Morgan fingerprint density at radius 2 is 2.21 bits per heavy atom. The third kappa shape index (κ3) is 2.90. The number of nitrogens with one attached hydrogen (secondary N) is 1. The van der Waals surface area contributed by atoms with Gasteiger partial charge in [0.05, 0.1) is 11.6 Å². The first-order valence-electron chi connectivity index (χ1n) is 6.16. The molecule has 2 rings (SSSR count). The van der Waals surface area contributed by atoms with Crippen molar-refractivity contribution in [2.45, 2.75) is 6.42 Å². The molecule has 1 aliphatic rings. The van der Waals surface area contributed by atoms with Crippen LogP contribution in [0.2, 0.25) is 0 Å². The third-order valence-corrected chi connectivity index (χ3v) is 3.08. The van der Waals surface area contributed by atoms with Gasteiger partial charge >= 0.3 is 0 Å². The Labute approximate surface area is 110 Å². The van der Waals surface area contributed by atoms with Crippen molar-refractivity contribution >= 4 is 17.5 Å². The monoisotopic (exact) mass is 265 g/mol. The molecule has 1 unspecified atom stereocenters. The van der Waals surface area contributed by atoms with E-state index in [1.54, 1.807) is 12.1 Å². The van der Waals surface area contributed by atoms with Gasteiger partial charge in [-0.3, -0.25) is 9.59 Å². The normalized spacial score (nSPS) is 18.7. The van der Waals surface area contributed by atoms with Crippen LogP contribution in [0, 0.1) is 11.7 Å². The van der Waals surface area contributed by atoms with E-state index in [4.69, 9.17) is 5.73 Å². The molecule has 0 saturated carbocycles. The van der Waals surface area contributed by atoms with Crippen molar-refractivity contribution in [2.24, 2.45) is 11.7 Å². The van der Waals surface area contributed by atoms with E-state index < -0.39 is 11.7 Å². The zero-order chi connectivity index (χ0) is 13.8. The largest absolute Gasteiger partial charge is 0.355 e. The Morgan fingerprint density at radius 3 is 2.89 bits per heavy atom. The molecule has 102 valence electrons. The van der Waals surface area contributed by atoms with Crippen LogP contribution < -0.4 is 16.0 Å². The van der Waals surface area contributed by atoms with Gasteiger partial charge in [-0.25, -0.2) is 4.39 Å². The maximum Gasteiger partial charge on any atom is 0.227 e. The average Bonchev–Trinajstić information content (AvgIpc) is 2.78. The summed E-state index contributed by atoms with van der Waals surface area (Å²) < 4.78 is 13.6. The minimum absolute atomic E-state index is 0.102. The number of para-hydroxylation sites is 1. The Hall–Kier alpha value is -1.95. The Bertz CT molecular complexity index is 493. The fraction of sp³-hybridized carbons (Fsp3) is 0.385. The maximum atomic E-state index is 13.6. The zero-order valence-corrected chi connectivity index (χ0v) is 10.4. The lowest BCUT2D eigenvalue weighted by Gasteiger charge is -2.17. The second kappa shape index (κ2) is 5.79. The first-order valence-corrected chi connectivity index (χ1v) is 6.16. The molecule has 6 heteroatoms. The van der Waals surface area contributed by atoms with Crippen LogP contribution in [0.5, 0.6) is 0 Å². The molecule has 3 N–H and O–H groups in total. The van der Waals surface area contributed by atoms with Crippen molar-refractivity contribution in [1.82, 2.24) is 5.32 Å². The summed E-state index contributed by atoms with van der Waals surface area (Å²) in [5.41, 5.74) is 5.52. The van der Waals surface area contributed by atoms with Gasteiger partial charge in [0.1, 0.15) is 5.82 Å². The number of hydrogen-bond acceptors (Lipinski definition) is 3. The highest BCUT2D eigenvalue weighted by Gasteiger charge is 2.35. The van der Waals surface area contributed by atoms with Crippen molar-refractivity contribution in [3.05, 3.63) is 30.1 Å². The van der Waals surface area contributed by atoms with Gasteiger partial charge in [-0.05, 0) is 12.1 Å². The minimum Gasteiger partial charge on any atom is -0.355 e. The lowest BCUT2D eigenvalue weighted by Crippen LogP contribution is -2.35. The van der Waals surface area contributed by atoms with E-state index in [9.17, 15) is 14.0 Å². The second-order valence-electron chi connectivity index (χ2n) is 4.44. The lowest BCUT2D eigenvalue weighted by molar-refractivity contribution is -0.126. The maximum absolute atomic E-state index is 13.6. The third-order valence-electron chi connectivity index (χ3n) is 3.08. The van der Waals surface area contributed by atoms with E-state index in [1.807, 2.05) is 0 Å². The van der Waals surface area contributed by atoms with Gasteiger partial charge in [0, 0.05) is 26.1 Å². The Kier molecular flexibility index (Phi) is 4.11. The standard InChI is InChI=1S/C13H16FN3O2/c14-10-3-1-2-4-11(10)17-8-9(7-12(17)18)13(19)16-6-5-15/h1-4,9H,5-8,15H2,(H,16,19). The molecule has 5 nitrogen and oxygen atoms in total. The summed E-state index contributed by atoms with van der Waals surface area (Å²) in [4.78, 5) is 25.0. The summed E-state index contributed by atoms with van der Waals surface area (Å²) in [6.45, 7) is 0.933. The fourth-order valence-electron chi connectivity index (χ4n) is 2.13. The molecule has 0 radical (unpaired) electrons. The summed E-state index contributed by atoms with van der Waals surface area (Å²) in [6.07, 6.45) is 0.102. The molecule has 0 aliphatic carbocycles. The summed E-state index contributed by atoms with van der Waals surface area (Å²) in [5.74, 6) is -1.35. The van der Waals surface area contributed by atoms with Crippen LogP contribution >= 0.6 is 0 Å². The number of rotatable bonds is 4. The van der Waals surface area contributed by atoms with Crippen molar-refractivity contribution in [3.63, 3.8) is 0 Å². The highest BCUT2D eigenvalue weighted by molar-refractivity contribution is 6.00. The van der Waals surface area contributed by atoms with Gasteiger partial charge in [0.2, 0.25) is 11.8 Å². The van der Waals surface area contributed by atoms with Crippen LogP contribution in [-0.4, -0.2) is 31.4 Å². The predicted molar refractivity (Wildman–Crippen MR) is 68.9 cm³/mol. The van der Waals surface area contributed by atoms with Gasteiger partial charge in [-0.2, -0.15) is 0 Å². The number of nitrogens with two attached hydrogens (primary N) is 1. The molecule has 1 aliphatic heterocycles. The van der Waals surface area contributed by atoms with E-state index >= 15 is 0 Å². The first kappa shape index (κ1) is 13.5. The van der Waals surface area contributed by atoms with Gasteiger partial charge in [0.25, 0.3) is 0 Å². The molecule has 1 atom stereocenters. The molecular formula is C13H16FN3O2. The second-order valence-corrected chi connectivity index (χ2v) is 4.44. The number of anilines is 1. The number of hydrogen-bond donors (Lipinski definition) is 2. The van der Waals surface area contributed by atoms with E-state index in [0.717, 1.165) is 0 Å². The SMILES string of the molecule is NCCNC(=O)C1CC(=O)N(c2ccccc2F)C1. The summed E-state index contributed by atoms with van der Waals surface area (Å²) in [5, 5.41) is 2.64. The van der Waals surface area contributed by atoms with Crippen molar-refractivity contribution in [1.29, 1.82) is 0 Å². The molecular weight excluding hydrogens is 249 g/mol. The number of nitrogens with zero attached hydrogens (tertiary/aromatic N) is 1. The number of benzene rings is 1. The summed E-state index contributed by atoms with van der Waals surface area (Å²) >= 11 is 0. The fourth-order valence-corrected chi connectivity index (χ4v) is 2.13. The van der Waals surface area contributed by atoms with Crippen molar-refractivity contribution < 1.29 is 14.0 Å². The van der Waals surface area contributed by atoms with Gasteiger partial charge < -0.3 is 16.0 Å². The number of carbonyl (C=O) groups excluding carboxylic acids is 2. The van der Waals surface area contributed by atoms with Crippen LogP contribution in [0.1, 0.15) is 6.42 Å². The predicted octanol–water partition coefficient (Wildman–Crippen LogP) is 0.254. The zero-order valence-electron chi connectivity index (χ0n) is 10.4. The number of amides is 2. The van der Waals surface area contributed by atoms with Crippen LogP contribution in [0.25, 0.3) is 0 Å². The quantitative estimate of drug-likeness (QED) is 0.819. The molecule has 2 amide bonds. The van der Waals surface area contributed by atoms with Crippen LogP contribution in [0.15, 0.2) is 24.3 Å². The van der Waals surface area contributed by atoms with E-state index in [1.165, 1.54) is 17.0 Å². The molecule has 19 heavy (non-hydrogen) atoms. The average molecular weight is 265 g/mol. The summed E-state index contributed by atoms with van der Waals surface area (Å²) in [7, 11) is 0. The van der Waals surface area contributed by atoms with Crippen molar-refractivity contribution in [3.8, 4) is 0 Å². The Balaban J connectivity index is 2.08. The van der Waals surface area contributed by atoms with E-state index in [0.29, 0.717) is 13.1 Å². The molecule has 1 saturated heterocycles. The molecule has 0 aromatic heterocycles. The molecule has 0 bridgehead atoms. The van der Waals surface area contributed by atoms with E-state index in [-0.39, 0.29) is 30.5 Å². The molecule has 1 heterocycles. The molecule has 1 fully saturated rings. The lowest BCUT2D eigenvalue weighted by atomic mass is 10.1.